The average molecular weight is 454 g/mol. The second-order valence-electron chi connectivity index (χ2n) is 7.34. The molecule has 168 valence electrons. The van der Waals surface area contributed by atoms with Crippen LogP contribution in [0.4, 0.5) is 22.0 Å². The minimum Gasteiger partial charge on any atom is -0.332 e. The molecule has 1 aliphatic heterocycles. The number of pyridine rings is 2. The number of carbonyl (C=O) groups excluding carboxylic acids is 2. The van der Waals surface area contributed by atoms with Crippen molar-refractivity contribution in [3.8, 4) is 0 Å². The normalized spacial score (nSPS) is 16.8. The quantitative estimate of drug-likeness (QED) is 0.470. The van der Waals surface area contributed by atoms with Crippen molar-refractivity contribution in [2.45, 2.75) is 24.6 Å². The highest BCUT2D eigenvalue weighted by molar-refractivity contribution is 6.00. The summed E-state index contributed by atoms with van der Waals surface area (Å²) in [6, 6.07) is 6.01. The molecular weight excluding hydrogens is 437 g/mol. The Balaban J connectivity index is 1.69. The summed E-state index contributed by atoms with van der Waals surface area (Å²) in [7, 11) is 0. The largest absolute Gasteiger partial charge is 0.414 e. The Morgan fingerprint density at radius 3 is 2.56 bits per heavy atom. The van der Waals surface area contributed by atoms with E-state index >= 15 is 0 Å². The second kappa shape index (κ2) is 7.84. The number of H-pyrrole nitrogens is 1. The second-order valence-corrected chi connectivity index (χ2v) is 7.34. The van der Waals surface area contributed by atoms with Gasteiger partial charge in [-0.25, -0.2) is 13.8 Å². The topological polar surface area (TPSA) is 82.2 Å². The van der Waals surface area contributed by atoms with Crippen molar-refractivity contribution in [2.24, 2.45) is 0 Å². The van der Waals surface area contributed by atoms with Crippen LogP contribution in [-0.2, 0) is 0 Å². The third-order valence-corrected chi connectivity index (χ3v) is 5.07. The SMILES string of the molecule is O=C(NC(c1ccccn1)C(F)(F)F)c1[nH]c(C(=O)N2CCC(F)(F)C2)[n+]2ccccc12. The van der Waals surface area contributed by atoms with Crippen molar-refractivity contribution in [3.05, 3.63) is 66.0 Å². The zero-order valence-corrected chi connectivity index (χ0v) is 16.4. The van der Waals surface area contributed by atoms with E-state index in [1.807, 2.05) is 5.32 Å². The lowest BCUT2D eigenvalue weighted by atomic mass is 10.1. The molecule has 1 fully saturated rings. The smallest absolute Gasteiger partial charge is 0.332 e. The number of aromatic nitrogens is 3. The predicted molar refractivity (Wildman–Crippen MR) is 99.9 cm³/mol. The number of likely N-dealkylation sites (tertiary alicyclic amines) is 1. The van der Waals surface area contributed by atoms with Gasteiger partial charge >= 0.3 is 17.9 Å². The molecule has 2 N–H and O–H groups in total. The number of fused-ring (bicyclic) bond motifs is 1. The number of hydrogen-bond donors (Lipinski definition) is 2. The van der Waals surface area contributed by atoms with Crippen molar-refractivity contribution in [2.75, 3.05) is 13.1 Å². The lowest BCUT2D eigenvalue weighted by molar-refractivity contribution is -0.514. The van der Waals surface area contributed by atoms with Gasteiger partial charge in [0.2, 0.25) is 5.69 Å². The summed E-state index contributed by atoms with van der Waals surface area (Å²) < 4.78 is 69.2. The summed E-state index contributed by atoms with van der Waals surface area (Å²) in [4.78, 5) is 32.8. The van der Waals surface area contributed by atoms with E-state index < -0.39 is 48.6 Å². The van der Waals surface area contributed by atoms with Crippen LogP contribution >= 0.6 is 0 Å². The number of nitrogens with one attached hydrogen (secondary N) is 2. The third-order valence-electron chi connectivity index (χ3n) is 5.07. The number of rotatable bonds is 4. The fourth-order valence-electron chi connectivity index (χ4n) is 3.55. The van der Waals surface area contributed by atoms with Crippen LogP contribution < -0.4 is 9.72 Å². The first-order valence-electron chi connectivity index (χ1n) is 9.55. The van der Waals surface area contributed by atoms with Gasteiger partial charge in [-0.1, -0.05) is 12.1 Å². The Morgan fingerprint density at radius 2 is 1.94 bits per heavy atom. The van der Waals surface area contributed by atoms with Gasteiger partial charge in [0, 0.05) is 19.2 Å². The molecule has 3 aromatic heterocycles. The van der Waals surface area contributed by atoms with Crippen molar-refractivity contribution >= 4 is 17.3 Å². The van der Waals surface area contributed by atoms with Gasteiger partial charge in [-0.05, 0) is 24.3 Å². The van der Waals surface area contributed by atoms with Gasteiger partial charge in [-0.2, -0.15) is 17.6 Å². The Bertz CT molecular complexity index is 1160. The molecule has 1 aliphatic rings. The summed E-state index contributed by atoms with van der Waals surface area (Å²) in [6.07, 6.45) is -2.75. The van der Waals surface area contributed by atoms with Crippen molar-refractivity contribution < 1.29 is 35.9 Å². The summed E-state index contributed by atoms with van der Waals surface area (Å²) >= 11 is 0. The average Bonchev–Trinajstić information content (AvgIpc) is 3.31. The maximum atomic E-state index is 13.6. The number of carbonyl (C=O) groups is 2. The first-order chi connectivity index (χ1) is 15.1. The van der Waals surface area contributed by atoms with Gasteiger partial charge < -0.3 is 10.2 Å². The monoisotopic (exact) mass is 454 g/mol. The molecule has 4 rings (SSSR count). The molecular formula is C20H17F5N5O2+. The number of imidazole rings is 1. The number of amides is 2. The van der Waals surface area contributed by atoms with Crippen LogP contribution in [-0.4, -0.2) is 51.9 Å². The lowest BCUT2D eigenvalue weighted by Crippen LogP contribution is -2.39. The molecule has 1 atom stereocenters. The summed E-state index contributed by atoms with van der Waals surface area (Å²) in [6.45, 7) is -0.964. The molecule has 0 spiro atoms. The predicted octanol–water partition coefficient (Wildman–Crippen LogP) is 2.66. The molecule has 0 aliphatic carbocycles. The van der Waals surface area contributed by atoms with Crippen LogP contribution in [0, 0.1) is 0 Å². The van der Waals surface area contributed by atoms with E-state index in [-0.39, 0.29) is 23.6 Å². The number of aromatic amines is 1. The number of alkyl halides is 5. The van der Waals surface area contributed by atoms with E-state index in [0.29, 0.717) is 0 Å². The Labute approximate surface area is 177 Å². The third kappa shape index (κ3) is 4.12. The van der Waals surface area contributed by atoms with E-state index in [1.54, 1.807) is 0 Å². The Kier molecular flexibility index (Phi) is 5.31. The van der Waals surface area contributed by atoms with Crippen LogP contribution in [0.5, 0.6) is 0 Å². The first-order valence-corrected chi connectivity index (χ1v) is 9.55. The van der Waals surface area contributed by atoms with Crippen LogP contribution in [0.1, 0.15) is 39.3 Å². The lowest BCUT2D eigenvalue weighted by Gasteiger charge is -2.20. The van der Waals surface area contributed by atoms with Crippen molar-refractivity contribution in [1.82, 2.24) is 20.2 Å². The number of hydrogen-bond acceptors (Lipinski definition) is 3. The molecule has 1 saturated heterocycles. The van der Waals surface area contributed by atoms with E-state index in [0.717, 1.165) is 11.0 Å². The molecule has 12 heteroatoms. The van der Waals surface area contributed by atoms with E-state index in [1.165, 1.54) is 47.1 Å². The highest BCUT2D eigenvalue weighted by Crippen LogP contribution is 2.32. The molecule has 7 nitrogen and oxygen atoms in total. The van der Waals surface area contributed by atoms with E-state index in [4.69, 9.17) is 0 Å². The van der Waals surface area contributed by atoms with E-state index in [9.17, 15) is 31.5 Å². The minimum absolute atomic E-state index is 0.112. The van der Waals surface area contributed by atoms with Crippen LogP contribution in [0.3, 0.4) is 0 Å². The van der Waals surface area contributed by atoms with Gasteiger partial charge in [0.15, 0.2) is 11.6 Å². The Hall–Kier alpha value is -3.57. The molecule has 2 amide bonds. The zero-order chi connectivity index (χ0) is 23.1. The van der Waals surface area contributed by atoms with Gasteiger partial charge in [0.25, 0.3) is 11.8 Å². The molecule has 0 bridgehead atoms. The van der Waals surface area contributed by atoms with Gasteiger partial charge in [0.05, 0.1) is 18.4 Å². The summed E-state index contributed by atoms with van der Waals surface area (Å²) in [5, 5.41) is 1.90. The molecule has 4 heterocycles. The van der Waals surface area contributed by atoms with Crippen LogP contribution in [0.15, 0.2) is 48.8 Å². The van der Waals surface area contributed by atoms with Gasteiger partial charge in [0.1, 0.15) is 0 Å². The zero-order valence-electron chi connectivity index (χ0n) is 16.4. The molecule has 3 aromatic rings. The highest BCUT2D eigenvalue weighted by Gasteiger charge is 2.45. The van der Waals surface area contributed by atoms with Crippen molar-refractivity contribution in [1.29, 1.82) is 0 Å². The molecule has 0 saturated carbocycles. The van der Waals surface area contributed by atoms with Crippen LogP contribution in [0.25, 0.3) is 5.52 Å². The molecule has 0 aromatic carbocycles. The molecule has 1 unspecified atom stereocenters. The fraction of sp³-hybridized carbons (Fsp3) is 0.300. The highest BCUT2D eigenvalue weighted by atomic mass is 19.4. The van der Waals surface area contributed by atoms with Gasteiger partial charge in [-0.3, -0.25) is 14.6 Å². The first kappa shape index (κ1) is 21.7. The number of nitrogens with zero attached hydrogens (tertiary/aromatic N) is 3. The summed E-state index contributed by atoms with van der Waals surface area (Å²) in [5.41, 5.74) is -0.612. The van der Waals surface area contributed by atoms with Crippen molar-refractivity contribution in [3.63, 3.8) is 0 Å². The van der Waals surface area contributed by atoms with Gasteiger partial charge in [-0.15, -0.1) is 0 Å². The fourth-order valence-corrected chi connectivity index (χ4v) is 3.55. The molecule has 32 heavy (non-hydrogen) atoms. The Morgan fingerprint density at radius 1 is 1.19 bits per heavy atom. The maximum absolute atomic E-state index is 13.6. The molecule has 0 radical (unpaired) electrons. The minimum atomic E-state index is -4.83. The van der Waals surface area contributed by atoms with Crippen LogP contribution in [0.2, 0.25) is 0 Å². The maximum Gasteiger partial charge on any atom is 0.414 e. The summed E-state index contributed by atoms with van der Waals surface area (Å²) in [5.74, 6) is -5.16. The van der Waals surface area contributed by atoms with E-state index in [2.05, 4.69) is 9.97 Å². The standard InChI is InChI=1S/C20H16F5N5O2/c21-19(22)7-10-29(11-19)18(32)16-27-14(13-6-2-4-9-30(13)16)17(31)28-15(20(23,24)25)12-5-1-3-8-26-12/h1-6,8-9,15H,7,10-11H2,(H,28,31)/p+1. The number of halogens is 5.